The summed E-state index contributed by atoms with van der Waals surface area (Å²) in [5, 5.41) is 0. The Bertz CT molecular complexity index is 424. The van der Waals surface area contributed by atoms with Crippen LogP contribution < -0.4 is 11.5 Å². The Morgan fingerprint density at radius 1 is 1.59 bits per heavy atom. The summed E-state index contributed by atoms with van der Waals surface area (Å²) in [6.45, 7) is 1.57. The molecule has 94 valence electrons. The molecular formula is C10H13F2N3O2. The lowest BCUT2D eigenvalue weighted by atomic mass is 10.1. The first-order valence-corrected chi connectivity index (χ1v) is 4.95. The number of nitrogens with two attached hydrogens (primary N) is 2. The Balaban J connectivity index is 3.24. The fourth-order valence-corrected chi connectivity index (χ4v) is 1.36. The maximum Gasteiger partial charge on any atom is 0.359 e. The lowest BCUT2D eigenvalue weighted by Gasteiger charge is -2.12. The van der Waals surface area contributed by atoms with E-state index in [2.05, 4.69) is 4.98 Å². The van der Waals surface area contributed by atoms with Crippen molar-refractivity contribution in [1.82, 2.24) is 4.98 Å². The van der Waals surface area contributed by atoms with E-state index in [-0.39, 0.29) is 35.7 Å². The van der Waals surface area contributed by atoms with Gasteiger partial charge in [0, 0.05) is 23.9 Å². The van der Waals surface area contributed by atoms with Crippen LogP contribution in [0.1, 0.15) is 35.0 Å². The van der Waals surface area contributed by atoms with E-state index in [4.69, 9.17) is 16.2 Å². The number of anilines is 1. The molecule has 4 N–H and O–H groups in total. The summed E-state index contributed by atoms with van der Waals surface area (Å²) >= 11 is 0. The Labute approximate surface area is 96.8 Å². The smallest absolute Gasteiger partial charge is 0.359 e. The molecule has 7 heteroatoms. The number of nitrogens with zero attached hydrogens (tertiary/aromatic N) is 1. The number of esters is 1. The SMILES string of the molecule is CCOC(=O)c1ncc(C(F)F)c(CN)c1N. The molecule has 1 aromatic rings. The molecule has 0 bridgehead atoms. The van der Waals surface area contributed by atoms with Gasteiger partial charge in [-0.05, 0) is 6.92 Å². The second-order valence-corrected chi connectivity index (χ2v) is 3.18. The summed E-state index contributed by atoms with van der Waals surface area (Å²) in [6.07, 6.45) is -1.84. The quantitative estimate of drug-likeness (QED) is 0.778. The van der Waals surface area contributed by atoms with Crippen LogP contribution >= 0.6 is 0 Å². The summed E-state index contributed by atoms with van der Waals surface area (Å²) in [7, 11) is 0. The fourth-order valence-electron chi connectivity index (χ4n) is 1.36. The van der Waals surface area contributed by atoms with Gasteiger partial charge >= 0.3 is 5.97 Å². The molecule has 1 rings (SSSR count). The molecule has 0 atom stereocenters. The highest BCUT2D eigenvalue weighted by Crippen LogP contribution is 2.27. The zero-order chi connectivity index (χ0) is 13.0. The summed E-state index contributed by atoms with van der Waals surface area (Å²) in [5.41, 5.74) is 10.3. The van der Waals surface area contributed by atoms with Crippen LogP contribution in [-0.2, 0) is 11.3 Å². The molecule has 0 unspecified atom stereocenters. The number of aromatic nitrogens is 1. The van der Waals surface area contributed by atoms with Crippen molar-refractivity contribution in [3.05, 3.63) is 23.0 Å². The lowest BCUT2D eigenvalue weighted by molar-refractivity contribution is 0.0520. The molecule has 0 aliphatic carbocycles. The molecule has 0 saturated carbocycles. The van der Waals surface area contributed by atoms with Gasteiger partial charge in [0.1, 0.15) is 0 Å². The fraction of sp³-hybridized carbons (Fsp3) is 0.400. The van der Waals surface area contributed by atoms with Gasteiger partial charge in [-0.2, -0.15) is 0 Å². The highest BCUT2D eigenvalue weighted by molar-refractivity contribution is 5.93. The maximum atomic E-state index is 12.6. The highest BCUT2D eigenvalue weighted by atomic mass is 19.3. The number of pyridine rings is 1. The van der Waals surface area contributed by atoms with Crippen LogP contribution in [0.2, 0.25) is 0 Å². The first kappa shape index (κ1) is 13.3. The highest BCUT2D eigenvalue weighted by Gasteiger charge is 2.21. The molecule has 1 heterocycles. The molecule has 0 radical (unpaired) electrons. The van der Waals surface area contributed by atoms with E-state index in [9.17, 15) is 13.6 Å². The summed E-state index contributed by atoms with van der Waals surface area (Å²) < 4.78 is 29.9. The van der Waals surface area contributed by atoms with Crippen molar-refractivity contribution >= 4 is 11.7 Å². The minimum atomic E-state index is -2.74. The number of hydrogen-bond acceptors (Lipinski definition) is 5. The average molecular weight is 245 g/mol. The van der Waals surface area contributed by atoms with E-state index < -0.39 is 12.4 Å². The van der Waals surface area contributed by atoms with Gasteiger partial charge in [0.25, 0.3) is 6.43 Å². The van der Waals surface area contributed by atoms with Gasteiger partial charge in [-0.1, -0.05) is 0 Å². The monoisotopic (exact) mass is 245 g/mol. The van der Waals surface area contributed by atoms with Gasteiger partial charge in [-0.15, -0.1) is 0 Å². The second-order valence-electron chi connectivity index (χ2n) is 3.18. The van der Waals surface area contributed by atoms with Crippen LogP contribution in [0.4, 0.5) is 14.5 Å². The zero-order valence-electron chi connectivity index (χ0n) is 9.24. The molecule has 0 saturated heterocycles. The van der Waals surface area contributed by atoms with Crippen molar-refractivity contribution in [2.24, 2.45) is 5.73 Å². The minimum absolute atomic E-state index is 0.0260. The van der Waals surface area contributed by atoms with Crippen LogP contribution in [0, 0.1) is 0 Å². The molecular weight excluding hydrogens is 232 g/mol. The van der Waals surface area contributed by atoms with E-state index in [0.717, 1.165) is 6.20 Å². The Kier molecular flexibility index (Phi) is 4.33. The second kappa shape index (κ2) is 5.53. The van der Waals surface area contributed by atoms with Gasteiger partial charge in [-0.3, -0.25) is 0 Å². The van der Waals surface area contributed by atoms with Crippen LogP contribution in [0.5, 0.6) is 0 Å². The standard InChI is InChI=1S/C10H13F2N3O2/c1-2-17-10(16)8-7(14)5(3-13)6(4-15-8)9(11)12/h4,9H,2-3,13-14H2,1H3. The van der Waals surface area contributed by atoms with Crippen LogP contribution in [0.25, 0.3) is 0 Å². The molecule has 0 aliphatic rings. The van der Waals surface area contributed by atoms with Crippen molar-refractivity contribution in [1.29, 1.82) is 0 Å². The first-order valence-electron chi connectivity index (χ1n) is 4.95. The average Bonchev–Trinajstić information content (AvgIpc) is 2.28. The minimum Gasteiger partial charge on any atom is -0.461 e. The van der Waals surface area contributed by atoms with Crippen molar-refractivity contribution < 1.29 is 18.3 Å². The van der Waals surface area contributed by atoms with Gasteiger partial charge in [0.15, 0.2) is 5.69 Å². The first-order chi connectivity index (χ1) is 8.02. The molecule has 1 aromatic heterocycles. The van der Waals surface area contributed by atoms with Crippen molar-refractivity contribution in [3.8, 4) is 0 Å². The Morgan fingerprint density at radius 3 is 2.71 bits per heavy atom. The van der Waals surface area contributed by atoms with Gasteiger partial charge in [0.05, 0.1) is 12.3 Å². The molecule has 0 aromatic carbocycles. The van der Waals surface area contributed by atoms with Crippen molar-refractivity contribution in [2.45, 2.75) is 19.9 Å². The van der Waals surface area contributed by atoms with Crippen molar-refractivity contribution in [2.75, 3.05) is 12.3 Å². The number of ether oxygens (including phenoxy) is 1. The van der Waals surface area contributed by atoms with E-state index in [1.165, 1.54) is 0 Å². The van der Waals surface area contributed by atoms with E-state index in [1.807, 2.05) is 0 Å². The Hall–Kier alpha value is -1.76. The van der Waals surface area contributed by atoms with E-state index >= 15 is 0 Å². The number of halogens is 2. The van der Waals surface area contributed by atoms with Gasteiger partial charge < -0.3 is 16.2 Å². The van der Waals surface area contributed by atoms with Gasteiger partial charge in [0.2, 0.25) is 0 Å². The number of carbonyl (C=O) groups is 1. The molecule has 0 fully saturated rings. The number of rotatable bonds is 4. The van der Waals surface area contributed by atoms with Crippen molar-refractivity contribution in [3.63, 3.8) is 0 Å². The van der Waals surface area contributed by atoms with Crippen LogP contribution in [0.15, 0.2) is 6.20 Å². The predicted octanol–water partition coefficient (Wildman–Crippen LogP) is 1.24. The number of nitrogen functional groups attached to an aromatic ring is 1. The summed E-state index contributed by atoms with van der Waals surface area (Å²) in [5.74, 6) is -0.750. The lowest BCUT2D eigenvalue weighted by Crippen LogP contribution is -2.15. The third-order valence-electron chi connectivity index (χ3n) is 2.17. The zero-order valence-corrected chi connectivity index (χ0v) is 9.24. The number of hydrogen-bond donors (Lipinski definition) is 2. The normalized spacial score (nSPS) is 10.6. The van der Waals surface area contributed by atoms with Crippen LogP contribution in [0.3, 0.4) is 0 Å². The molecule has 17 heavy (non-hydrogen) atoms. The molecule has 5 nitrogen and oxygen atoms in total. The maximum absolute atomic E-state index is 12.6. The summed E-state index contributed by atoms with van der Waals surface area (Å²) in [6, 6.07) is 0. The number of alkyl halides is 2. The number of carbonyl (C=O) groups excluding carboxylic acids is 1. The molecule has 0 aliphatic heterocycles. The van der Waals surface area contributed by atoms with E-state index in [0.29, 0.717) is 0 Å². The molecule has 0 amide bonds. The predicted molar refractivity (Wildman–Crippen MR) is 57.5 cm³/mol. The largest absolute Gasteiger partial charge is 0.461 e. The molecule has 0 spiro atoms. The third kappa shape index (κ3) is 2.68. The van der Waals surface area contributed by atoms with E-state index in [1.54, 1.807) is 6.92 Å². The third-order valence-corrected chi connectivity index (χ3v) is 2.17. The topological polar surface area (TPSA) is 91.2 Å². The van der Waals surface area contributed by atoms with Gasteiger partial charge in [-0.25, -0.2) is 18.6 Å². The van der Waals surface area contributed by atoms with Crippen LogP contribution in [-0.4, -0.2) is 17.6 Å². The Morgan fingerprint density at radius 2 is 2.24 bits per heavy atom. The summed E-state index contributed by atoms with van der Waals surface area (Å²) in [4.78, 5) is 15.0.